The maximum atomic E-state index is 12.2. The maximum absolute atomic E-state index is 12.2. The Morgan fingerprint density at radius 1 is 1.20 bits per heavy atom. The van der Waals surface area contributed by atoms with Crippen LogP contribution in [0.15, 0.2) is 39.3 Å². The lowest BCUT2D eigenvalue weighted by atomic mass is 10.1. The molecule has 0 spiro atoms. The second kappa shape index (κ2) is 6.16. The Balaban J connectivity index is 2.30. The van der Waals surface area contributed by atoms with Gasteiger partial charge in [-0.15, -0.1) is 0 Å². The monoisotopic (exact) mass is 416 g/mol. The van der Waals surface area contributed by atoms with Gasteiger partial charge in [0.15, 0.2) is 0 Å². The van der Waals surface area contributed by atoms with Crippen molar-refractivity contribution in [2.45, 2.75) is 6.92 Å². The average molecular weight is 419 g/mol. The first kappa shape index (κ1) is 15.4. The number of nitrogen functional groups attached to an aromatic ring is 1. The molecule has 0 radical (unpaired) electrons. The van der Waals surface area contributed by atoms with E-state index in [4.69, 9.17) is 17.3 Å². The lowest BCUT2D eigenvalue weighted by Crippen LogP contribution is -2.13. The molecule has 0 bridgehead atoms. The van der Waals surface area contributed by atoms with Crippen LogP contribution in [0.1, 0.15) is 15.9 Å². The zero-order chi connectivity index (χ0) is 14.9. The second-order valence-electron chi connectivity index (χ2n) is 4.28. The van der Waals surface area contributed by atoms with Gasteiger partial charge < -0.3 is 11.1 Å². The molecule has 20 heavy (non-hydrogen) atoms. The van der Waals surface area contributed by atoms with Crippen molar-refractivity contribution in [1.82, 2.24) is 0 Å². The van der Waals surface area contributed by atoms with E-state index in [1.54, 1.807) is 24.3 Å². The van der Waals surface area contributed by atoms with Gasteiger partial charge in [-0.25, -0.2) is 0 Å². The van der Waals surface area contributed by atoms with E-state index < -0.39 is 0 Å². The molecular weight excluding hydrogens is 407 g/mol. The van der Waals surface area contributed by atoms with Crippen molar-refractivity contribution in [3.8, 4) is 0 Å². The second-order valence-corrected chi connectivity index (χ2v) is 6.39. The molecule has 0 saturated heterocycles. The molecule has 3 nitrogen and oxygen atoms in total. The fraction of sp³-hybridized carbons (Fsp3) is 0.0714. The lowest BCUT2D eigenvalue weighted by Gasteiger charge is -2.11. The summed E-state index contributed by atoms with van der Waals surface area (Å²) >= 11 is 12.8. The van der Waals surface area contributed by atoms with Crippen LogP contribution in [0.5, 0.6) is 0 Å². The molecule has 2 aromatic rings. The van der Waals surface area contributed by atoms with E-state index in [9.17, 15) is 4.79 Å². The number of halogens is 3. The summed E-state index contributed by atoms with van der Waals surface area (Å²) in [5.74, 6) is -0.238. The molecule has 0 saturated carbocycles. The number of nitrogens with two attached hydrogens (primary N) is 1. The summed E-state index contributed by atoms with van der Waals surface area (Å²) in [5.41, 5.74) is 8.37. The number of hydrogen-bond acceptors (Lipinski definition) is 2. The largest absolute Gasteiger partial charge is 0.399 e. The number of benzene rings is 2. The van der Waals surface area contributed by atoms with Crippen LogP contribution in [-0.2, 0) is 0 Å². The Morgan fingerprint density at radius 2 is 1.80 bits per heavy atom. The highest BCUT2D eigenvalue weighted by atomic mass is 79.9. The zero-order valence-electron chi connectivity index (χ0n) is 10.5. The fourth-order valence-electron chi connectivity index (χ4n) is 1.63. The number of nitrogens with one attached hydrogen (secondary N) is 1. The van der Waals surface area contributed by atoms with Crippen LogP contribution >= 0.6 is 43.5 Å². The molecule has 1 amide bonds. The summed E-state index contributed by atoms with van der Waals surface area (Å²) in [6, 6.07) is 8.64. The molecule has 0 heterocycles. The van der Waals surface area contributed by atoms with E-state index in [2.05, 4.69) is 37.2 Å². The van der Waals surface area contributed by atoms with Crippen molar-refractivity contribution in [1.29, 1.82) is 0 Å². The third kappa shape index (κ3) is 3.34. The number of carbonyl (C=O) groups excluding carboxylic acids is 1. The molecular formula is C14H11Br2ClN2O. The summed E-state index contributed by atoms with van der Waals surface area (Å²) < 4.78 is 1.41. The lowest BCUT2D eigenvalue weighted by molar-refractivity contribution is 0.102. The molecule has 0 unspecified atom stereocenters. The van der Waals surface area contributed by atoms with Gasteiger partial charge in [0.2, 0.25) is 0 Å². The first-order valence-corrected chi connectivity index (χ1v) is 7.67. The van der Waals surface area contributed by atoms with Crippen LogP contribution in [0.4, 0.5) is 11.4 Å². The van der Waals surface area contributed by atoms with Gasteiger partial charge in [0.25, 0.3) is 5.91 Å². The summed E-state index contributed by atoms with van der Waals surface area (Å²) in [4.78, 5) is 12.2. The van der Waals surface area contributed by atoms with Crippen LogP contribution in [0, 0.1) is 6.92 Å². The van der Waals surface area contributed by atoms with E-state index >= 15 is 0 Å². The highest BCUT2D eigenvalue weighted by Gasteiger charge is 2.12. The standard InChI is InChI=1S/C14H11Br2ClN2O/c1-7-2-3-8(4-12(7)17)14(20)19-13-10(15)5-9(18)6-11(13)16/h2-6H,18H2,1H3,(H,19,20). The van der Waals surface area contributed by atoms with Crippen LogP contribution in [0.3, 0.4) is 0 Å². The fourth-order valence-corrected chi connectivity index (χ4v) is 3.23. The van der Waals surface area contributed by atoms with Gasteiger partial charge in [-0.1, -0.05) is 17.7 Å². The molecule has 104 valence electrons. The Bertz CT molecular complexity index is 666. The molecule has 3 N–H and O–H groups in total. The van der Waals surface area contributed by atoms with Crippen molar-refractivity contribution in [2.75, 3.05) is 11.1 Å². The van der Waals surface area contributed by atoms with Crippen molar-refractivity contribution in [3.63, 3.8) is 0 Å². The Kier molecular flexibility index (Phi) is 4.73. The van der Waals surface area contributed by atoms with Crippen molar-refractivity contribution in [3.05, 3.63) is 55.4 Å². The summed E-state index contributed by atoms with van der Waals surface area (Å²) in [6.45, 7) is 1.89. The molecule has 0 aliphatic carbocycles. The number of rotatable bonds is 2. The number of aryl methyl sites for hydroxylation is 1. The van der Waals surface area contributed by atoms with Crippen LogP contribution in [-0.4, -0.2) is 5.91 Å². The normalized spacial score (nSPS) is 10.4. The number of carbonyl (C=O) groups is 1. The van der Waals surface area contributed by atoms with E-state index in [1.165, 1.54) is 0 Å². The molecule has 0 aromatic heterocycles. The molecule has 6 heteroatoms. The van der Waals surface area contributed by atoms with Gasteiger partial charge in [0.1, 0.15) is 0 Å². The molecule has 2 aromatic carbocycles. The topological polar surface area (TPSA) is 55.1 Å². The zero-order valence-corrected chi connectivity index (χ0v) is 14.4. The quantitative estimate of drug-likeness (QED) is 0.674. The highest BCUT2D eigenvalue weighted by molar-refractivity contribution is 9.11. The predicted molar refractivity (Wildman–Crippen MR) is 90.4 cm³/mol. The Hall–Kier alpha value is -1.04. The first-order valence-electron chi connectivity index (χ1n) is 5.70. The summed E-state index contributed by atoms with van der Waals surface area (Å²) in [7, 11) is 0. The van der Waals surface area contributed by atoms with Gasteiger partial charge >= 0.3 is 0 Å². The van der Waals surface area contributed by atoms with Crippen molar-refractivity contribution < 1.29 is 4.79 Å². The van der Waals surface area contributed by atoms with Gasteiger partial charge in [0.05, 0.1) is 5.69 Å². The SMILES string of the molecule is Cc1ccc(C(=O)Nc2c(Br)cc(N)cc2Br)cc1Cl. The molecule has 0 aliphatic rings. The van der Waals surface area contributed by atoms with Crippen molar-refractivity contribution in [2.24, 2.45) is 0 Å². The molecule has 0 atom stereocenters. The first-order chi connectivity index (χ1) is 9.38. The third-order valence-electron chi connectivity index (χ3n) is 2.74. The van der Waals surface area contributed by atoms with Crippen LogP contribution in [0.2, 0.25) is 5.02 Å². The van der Waals surface area contributed by atoms with Crippen molar-refractivity contribution >= 4 is 60.7 Å². The molecule has 2 rings (SSSR count). The van der Waals surface area contributed by atoms with E-state index in [1.807, 2.05) is 13.0 Å². The van der Waals surface area contributed by atoms with Gasteiger partial charge in [-0.05, 0) is 68.6 Å². The van der Waals surface area contributed by atoms with E-state index in [0.717, 1.165) is 5.56 Å². The summed E-state index contributed by atoms with van der Waals surface area (Å²) in [6.07, 6.45) is 0. The minimum absolute atomic E-state index is 0.238. The number of amides is 1. The van der Waals surface area contributed by atoms with Crippen LogP contribution < -0.4 is 11.1 Å². The van der Waals surface area contributed by atoms with Gasteiger partial charge in [0, 0.05) is 25.2 Å². The van der Waals surface area contributed by atoms with E-state index in [0.29, 0.717) is 30.9 Å². The van der Waals surface area contributed by atoms with Gasteiger partial charge in [-0.3, -0.25) is 4.79 Å². The van der Waals surface area contributed by atoms with Gasteiger partial charge in [-0.2, -0.15) is 0 Å². The van der Waals surface area contributed by atoms with E-state index in [-0.39, 0.29) is 5.91 Å². The summed E-state index contributed by atoms with van der Waals surface area (Å²) in [5, 5.41) is 3.38. The predicted octanol–water partition coefficient (Wildman–Crippen LogP) is 5.01. The molecule has 0 aliphatic heterocycles. The molecule has 0 fully saturated rings. The minimum atomic E-state index is -0.238. The maximum Gasteiger partial charge on any atom is 0.255 e. The smallest absolute Gasteiger partial charge is 0.255 e. The highest BCUT2D eigenvalue weighted by Crippen LogP contribution is 2.33. The third-order valence-corrected chi connectivity index (χ3v) is 4.40. The average Bonchev–Trinajstić information content (AvgIpc) is 2.36. The minimum Gasteiger partial charge on any atom is -0.399 e. The van der Waals surface area contributed by atoms with Crippen LogP contribution in [0.25, 0.3) is 0 Å². The Labute approximate surface area is 138 Å². The Morgan fingerprint density at radius 3 is 2.35 bits per heavy atom. The number of hydrogen-bond donors (Lipinski definition) is 2. The number of anilines is 2.